The first kappa shape index (κ1) is 12.8. The number of hydrogen-bond acceptors (Lipinski definition) is 4. The zero-order valence-corrected chi connectivity index (χ0v) is 10.1. The van der Waals surface area contributed by atoms with Crippen LogP contribution in [0.15, 0.2) is 18.2 Å². The van der Waals surface area contributed by atoms with Crippen LogP contribution in [0.5, 0.6) is 0 Å². The number of ether oxygens (including phenoxy) is 1. The van der Waals surface area contributed by atoms with Gasteiger partial charge in [-0.1, -0.05) is 0 Å². The molecular formula is C12H15FN2O3. The molecule has 0 N–H and O–H groups in total. The van der Waals surface area contributed by atoms with E-state index in [9.17, 15) is 14.5 Å². The maximum Gasteiger partial charge on any atom is 0.274 e. The molecule has 18 heavy (non-hydrogen) atoms. The highest BCUT2D eigenvalue weighted by molar-refractivity contribution is 5.53. The molecule has 1 fully saturated rings. The molecule has 6 heteroatoms. The maximum atomic E-state index is 13.4. The van der Waals surface area contributed by atoms with Gasteiger partial charge in [-0.3, -0.25) is 10.1 Å². The molecular weight excluding hydrogens is 239 g/mol. The molecule has 0 bridgehead atoms. The van der Waals surface area contributed by atoms with Gasteiger partial charge in [0.05, 0.1) is 17.1 Å². The van der Waals surface area contributed by atoms with Gasteiger partial charge in [-0.15, -0.1) is 0 Å². The fraction of sp³-hybridized carbons (Fsp3) is 0.500. The van der Waals surface area contributed by atoms with Gasteiger partial charge in [0.15, 0.2) is 0 Å². The van der Waals surface area contributed by atoms with Gasteiger partial charge in [0.25, 0.3) is 5.69 Å². The molecule has 1 heterocycles. The summed E-state index contributed by atoms with van der Waals surface area (Å²) in [4.78, 5) is 12.1. The van der Waals surface area contributed by atoms with Gasteiger partial charge in [-0.25, -0.2) is 4.39 Å². The van der Waals surface area contributed by atoms with E-state index in [2.05, 4.69) is 0 Å². The van der Waals surface area contributed by atoms with Gasteiger partial charge in [-0.05, 0) is 19.4 Å². The molecule has 1 atom stereocenters. The van der Waals surface area contributed by atoms with Gasteiger partial charge in [-0.2, -0.15) is 0 Å². The van der Waals surface area contributed by atoms with E-state index in [-0.39, 0.29) is 11.8 Å². The predicted molar refractivity (Wildman–Crippen MR) is 65.3 cm³/mol. The number of rotatable bonds is 2. The lowest BCUT2D eigenvalue weighted by molar-refractivity contribution is -0.385. The molecule has 0 saturated carbocycles. The van der Waals surface area contributed by atoms with E-state index < -0.39 is 10.7 Å². The molecule has 0 radical (unpaired) electrons. The van der Waals surface area contributed by atoms with Crippen LogP contribution in [0.25, 0.3) is 0 Å². The fourth-order valence-electron chi connectivity index (χ4n) is 2.08. The Hall–Kier alpha value is -1.69. The second-order valence-corrected chi connectivity index (χ2v) is 4.41. The van der Waals surface area contributed by atoms with Crippen LogP contribution in [0.4, 0.5) is 15.8 Å². The number of nitrogens with zero attached hydrogens (tertiary/aromatic N) is 2. The monoisotopic (exact) mass is 254 g/mol. The van der Waals surface area contributed by atoms with Crippen LogP contribution < -0.4 is 4.90 Å². The second-order valence-electron chi connectivity index (χ2n) is 4.41. The molecule has 1 aromatic rings. The van der Waals surface area contributed by atoms with Crippen molar-refractivity contribution in [2.75, 3.05) is 24.6 Å². The van der Waals surface area contributed by atoms with Crippen LogP contribution >= 0.6 is 0 Å². The highest BCUT2D eigenvalue weighted by Gasteiger charge is 2.18. The maximum absolute atomic E-state index is 13.4. The standard InChI is InChI=1S/C12H15FN2O3/c1-9-8-14(3-2-4-18-9)11-5-10(13)6-12(7-11)15(16)17/h5-7,9H,2-4,8H2,1H3. The van der Waals surface area contributed by atoms with Crippen LogP contribution in [-0.4, -0.2) is 30.7 Å². The lowest BCUT2D eigenvalue weighted by Crippen LogP contribution is -2.30. The minimum atomic E-state index is -0.586. The zero-order valence-electron chi connectivity index (χ0n) is 10.1. The van der Waals surface area contributed by atoms with Gasteiger partial charge in [0.2, 0.25) is 0 Å². The summed E-state index contributed by atoms with van der Waals surface area (Å²) in [6.45, 7) is 3.92. The van der Waals surface area contributed by atoms with Gasteiger partial charge in [0.1, 0.15) is 5.82 Å². The Labute approximate surface area is 104 Å². The topological polar surface area (TPSA) is 55.6 Å². The predicted octanol–water partition coefficient (Wildman–Crippen LogP) is 2.35. The van der Waals surface area contributed by atoms with Crippen LogP contribution in [0.3, 0.4) is 0 Å². The highest BCUT2D eigenvalue weighted by atomic mass is 19.1. The SMILES string of the molecule is CC1CN(c2cc(F)cc([N+](=O)[O-])c2)CCCO1. The van der Waals surface area contributed by atoms with Crippen molar-refractivity contribution in [3.63, 3.8) is 0 Å². The van der Waals surface area contributed by atoms with Crippen molar-refractivity contribution in [3.8, 4) is 0 Å². The van der Waals surface area contributed by atoms with Crippen LogP contribution in [0.1, 0.15) is 13.3 Å². The number of benzene rings is 1. The Kier molecular flexibility index (Phi) is 3.76. The van der Waals surface area contributed by atoms with Crippen LogP contribution in [-0.2, 0) is 4.74 Å². The Balaban J connectivity index is 2.28. The van der Waals surface area contributed by atoms with Crippen LogP contribution in [0.2, 0.25) is 0 Å². The van der Waals surface area contributed by atoms with Crippen molar-refractivity contribution in [3.05, 3.63) is 34.1 Å². The van der Waals surface area contributed by atoms with Crippen molar-refractivity contribution in [1.82, 2.24) is 0 Å². The fourth-order valence-corrected chi connectivity index (χ4v) is 2.08. The first-order valence-electron chi connectivity index (χ1n) is 5.88. The van der Waals surface area contributed by atoms with Crippen molar-refractivity contribution < 1.29 is 14.1 Å². The molecule has 0 aromatic heterocycles. The molecule has 1 unspecified atom stereocenters. The number of hydrogen-bond donors (Lipinski definition) is 0. The number of nitro benzene ring substituents is 1. The Morgan fingerprint density at radius 1 is 1.50 bits per heavy atom. The Morgan fingerprint density at radius 3 is 3.00 bits per heavy atom. The van der Waals surface area contributed by atoms with E-state index in [0.29, 0.717) is 25.4 Å². The molecule has 1 aromatic carbocycles. The van der Waals surface area contributed by atoms with E-state index in [4.69, 9.17) is 4.74 Å². The number of non-ortho nitro benzene ring substituents is 1. The third-order valence-electron chi connectivity index (χ3n) is 2.90. The first-order chi connectivity index (χ1) is 8.56. The largest absolute Gasteiger partial charge is 0.377 e. The normalized spacial score (nSPS) is 20.6. The lowest BCUT2D eigenvalue weighted by atomic mass is 10.2. The minimum Gasteiger partial charge on any atom is -0.377 e. The van der Waals surface area contributed by atoms with E-state index in [1.54, 1.807) is 0 Å². The summed E-state index contributed by atoms with van der Waals surface area (Å²) in [5.74, 6) is -0.586. The highest BCUT2D eigenvalue weighted by Crippen LogP contribution is 2.24. The summed E-state index contributed by atoms with van der Waals surface area (Å²) in [7, 11) is 0. The first-order valence-corrected chi connectivity index (χ1v) is 5.88. The summed E-state index contributed by atoms with van der Waals surface area (Å²) >= 11 is 0. The zero-order chi connectivity index (χ0) is 13.1. The summed E-state index contributed by atoms with van der Waals surface area (Å²) in [5.41, 5.74) is 0.321. The lowest BCUT2D eigenvalue weighted by Gasteiger charge is -2.24. The van der Waals surface area contributed by atoms with Gasteiger partial charge in [0, 0.05) is 31.5 Å². The van der Waals surface area contributed by atoms with E-state index in [1.165, 1.54) is 12.1 Å². The molecule has 0 spiro atoms. The molecule has 2 rings (SSSR count). The minimum absolute atomic E-state index is 0.0369. The quantitative estimate of drug-likeness (QED) is 0.600. The van der Waals surface area contributed by atoms with Crippen LogP contribution in [0, 0.1) is 15.9 Å². The molecule has 1 aliphatic heterocycles. The third-order valence-corrected chi connectivity index (χ3v) is 2.90. The second kappa shape index (κ2) is 5.30. The summed E-state index contributed by atoms with van der Waals surface area (Å²) in [6.07, 6.45) is 0.865. The molecule has 1 saturated heterocycles. The average molecular weight is 254 g/mol. The average Bonchev–Trinajstić information content (AvgIpc) is 2.53. The molecule has 0 aliphatic carbocycles. The van der Waals surface area contributed by atoms with Crippen molar-refractivity contribution in [2.45, 2.75) is 19.4 Å². The van der Waals surface area contributed by atoms with E-state index in [0.717, 1.165) is 12.5 Å². The Morgan fingerprint density at radius 2 is 2.28 bits per heavy atom. The Bertz CT molecular complexity index is 453. The number of anilines is 1. The molecule has 5 nitrogen and oxygen atoms in total. The molecule has 98 valence electrons. The molecule has 1 aliphatic rings. The van der Waals surface area contributed by atoms with Gasteiger partial charge < -0.3 is 9.64 Å². The summed E-state index contributed by atoms with van der Waals surface area (Å²) < 4.78 is 18.9. The van der Waals surface area contributed by atoms with E-state index >= 15 is 0 Å². The van der Waals surface area contributed by atoms with E-state index in [1.807, 2.05) is 11.8 Å². The number of halogens is 1. The smallest absolute Gasteiger partial charge is 0.274 e. The van der Waals surface area contributed by atoms with Gasteiger partial charge >= 0.3 is 0 Å². The number of nitro groups is 1. The molecule has 0 amide bonds. The van der Waals surface area contributed by atoms with Crippen molar-refractivity contribution in [1.29, 1.82) is 0 Å². The summed E-state index contributed by atoms with van der Waals surface area (Å²) in [6, 6.07) is 3.66. The van der Waals surface area contributed by atoms with Crippen molar-refractivity contribution >= 4 is 11.4 Å². The summed E-state index contributed by atoms with van der Waals surface area (Å²) in [5, 5.41) is 10.7. The third kappa shape index (κ3) is 2.95. The van der Waals surface area contributed by atoms with Crippen molar-refractivity contribution in [2.24, 2.45) is 0 Å².